The van der Waals surface area contributed by atoms with E-state index in [1.165, 1.54) is 11.0 Å². The average molecular weight is 494 g/mol. The van der Waals surface area contributed by atoms with E-state index >= 15 is 0 Å². The summed E-state index contributed by atoms with van der Waals surface area (Å²) in [6.45, 7) is 15.6. The Bertz CT molecular complexity index is 1010. The molecule has 34 heavy (non-hydrogen) atoms. The number of nitrogens with zero attached hydrogens (tertiary/aromatic N) is 1. The van der Waals surface area contributed by atoms with Gasteiger partial charge in [-0.25, -0.2) is 22.7 Å². The van der Waals surface area contributed by atoms with Crippen LogP contribution in [-0.4, -0.2) is 43.1 Å². The number of benzene rings is 1. The number of nitrogens with one attached hydrogen (secondary N) is 2. The van der Waals surface area contributed by atoms with Gasteiger partial charge >= 0.3 is 12.1 Å². The number of urea groups is 1. The Labute approximate surface area is 204 Å². The van der Waals surface area contributed by atoms with E-state index in [0.717, 1.165) is 23.0 Å². The van der Waals surface area contributed by atoms with E-state index in [9.17, 15) is 18.0 Å². The number of anilines is 1. The summed E-state index contributed by atoms with van der Waals surface area (Å²) >= 11 is 0. The summed E-state index contributed by atoms with van der Waals surface area (Å²) in [4.78, 5) is 26.8. The number of para-hydroxylation sites is 1. The highest BCUT2D eigenvalue weighted by Gasteiger charge is 2.40. The first-order valence-corrected chi connectivity index (χ1v) is 13.3. The van der Waals surface area contributed by atoms with Crippen LogP contribution in [-0.2, 0) is 14.8 Å². The molecule has 1 saturated heterocycles. The highest BCUT2D eigenvalue weighted by Crippen LogP contribution is 2.33. The van der Waals surface area contributed by atoms with E-state index in [4.69, 9.17) is 4.74 Å². The van der Waals surface area contributed by atoms with E-state index in [2.05, 4.69) is 10.0 Å². The Kier molecular flexibility index (Phi) is 8.45. The molecular formula is C25H39N3O5S. The molecule has 8 nitrogen and oxygen atoms in total. The highest BCUT2D eigenvalue weighted by atomic mass is 32.2. The summed E-state index contributed by atoms with van der Waals surface area (Å²) in [5.74, 6) is 0.290. The third-order valence-electron chi connectivity index (χ3n) is 5.75. The van der Waals surface area contributed by atoms with Crippen LogP contribution < -0.4 is 10.0 Å². The van der Waals surface area contributed by atoms with Crippen molar-refractivity contribution in [2.75, 3.05) is 11.9 Å². The number of likely N-dealkylation sites (tertiary alicyclic amines) is 1. The fourth-order valence-corrected chi connectivity index (χ4v) is 4.86. The van der Waals surface area contributed by atoms with Crippen LogP contribution in [0.2, 0.25) is 0 Å². The second-order valence-corrected chi connectivity index (χ2v) is 12.2. The number of carbonyl (C=O) groups excluding carboxylic acids is 2. The maximum absolute atomic E-state index is 12.7. The van der Waals surface area contributed by atoms with E-state index in [1.807, 2.05) is 45.9 Å². The summed E-state index contributed by atoms with van der Waals surface area (Å²) < 4.78 is 32.9. The molecule has 1 aromatic carbocycles. The zero-order valence-corrected chi connectivity index (χ0v) is 22.4. The van der Waals surface area contributed by atoms with Crippen molar-refractivity contribution in [3.05, 3.63) is 40.8 Å². The van der Waals surface area contributed by atoms with Crippen LogP contribution in [0.3, 0.4) is 0 Å². The second-order valence-electron chi connectivity index (χ2n) is 10.6. The smallest absolute Gasteiger partial charge is 0.410 e. The minimum absolute atomic E-state index is 0.145. The zero-order valence-electron chi connectivity index (χ0n) is 21.6. The van der Waals surface area contributed by atoms with Crippen molar-refractivity contribution >= 4 is 27.8 Å². The van der Waals surface area contributed by atoms with Crippen LogP contribution in [0.25, 0.3) is 0 Å². The largest absolute Gasteiger partial charge is 0.444 e. The molecule has 0 aromatic heterocycles. The number of ether oxygens (including phenoxy) is 1. The minimum Gasteiger partial charge on any atom is -0.444 e. The Balaban J connectivity index is 2.18. The molecule has 1 atom stereocenters. The van der Waals surface area contributed by atoms with Crippen molar-refractivity contribution in [2.24, 2.45) is 0 Å². The summed E-state index contributed by atoms with van der Waals surface area (Å²) in [5, 5.41) is 3.69. The van der Waals surface area contributed by atoms with Gasteiger partial charge in [0.2, 0.25) is 0 Å². The molecule has 0 bridgehead atoms. The molecule has 1 fully saturated rings. The predicted octanol–water partition coefficient (Wildman–Crippen LogP) is 5.69. The lowest BCUT2D eigenvalue weighted by Gasteiger charge is -2.34. The molecule has 0 radical (unpaired) electrons. The van der Waals surface area contributed by atoms with Crippen LogP contribution in [0, 0.1) is 0 Å². The molecule has 2 N–H and O–H groups in total. The van der Waals surface area contributed by atoms with E-state index < -0.39 is 33.3 Å². The number of sulfonamides is 1. The van der Waals surface area contributed by atoms with Gasteiger partial charge in [-0.2, -0.15) is 0 Å². The van der Waals surface area contributed by atoms with Crippen molar-refractivity contribution in [1.29, 1.82) is 0 Å². The number of amides is 3. The molecule has 0 aliphatic carbocycles. The normalized spacial score (nSPS) is 19.2. The van der Waals surface area contributed by atoms with Crippen molar-refractivity contribution in [3.8, 4) is 0 Å². The van der Waals surface area contributed by atoms with Gasteiger partial charge in [-0.05, 0) is 69.6 Å². The number of hydrogen-bond acceptors (Lipinski definition) is 5. The summed E-state index contributed by atoms with van der Waals surface area (Å²) in [6.07, 6.45) is 2.26. The van der Waals surface area contributed by atoms with Crippen molar-refractivity contribution in [2.45, 2.75) is 91.2 Å². The lowest BCUT2D eigenvalue weighted by Crippen LogP contribution is -2.46. The molecule has 1 aliphatic rings. The third kappa shape index (κ3) is 7.22. The van der Waals surface area contributed by atoms with Gasteiger partial charge < -0.3 is 10.1 Å². The van der Waals surface area contributed by atoms with Gasteiger partial charge in [-0.3, -0.25) is 4.90 Å². The van der Waals surface area contributed by atoms with Crippen molar-refractivity contribution in [1.82, 2.24) is 9.62 Å². The first kappa shape index (κ1) is 27.7. The van der Waals surface area contributed by atoms with Crippen molar-refractivity contribution in [3.63, 3.8) is 0 Å². The predicted molar refractivity (Wildman–Crippen MR) is 135 cm³/mol. The zero-order chi connectivity index (χ0) is 25.9. The SMILES string of the molecule is CC(C)c1cccc(C(C)C)c1NC(=O)NS(=O)(=O)/C=C/C1(C)CCCN1C(=O)OC(C)(C)C. The lowest BCUT2D eigenvalue weighted by atomic mass is 9.93. The van der Waals surface area contributed by atoms with E-state index in [1.54, 1.807) is 27.7 Å². The standard InChI is InChI=1S/C25H39N3O5S/c1-17(2)19-11-9-12-20(18(3)4)21(19)26-22(29)27-34(31,32)16-14-25(8)13-10-15-28(25)23(30)33-24(5,6)7/h9,11-12,14,16-18H,10,13,15H2,1-8H3,(H2,26,27,29)/b16-14+. The molecule has 190 valence electrons. The first-order chi connectivity index (χ1) is 15.5. The van der Waals surface area contributed by atoms with Crippen LogP contribution in [0.15, 0.2) is 29.7 Å². The average Bonchev–Trinajstić information content (AvgIpc) is 3.07. The van der Waals surface area contributed by atoms with Crippen LogP contribution in [0.1, 0.15) is 91.2 Å². The molecule has 9 heteroatoms. The first-order valence-electron chi connectivity index (χ1n) is 11.7. The quantitative estimate of drug-likeness (QED) is 0.530. The molecule has 2 rings (SSSR count). The molecule has 0 saturated carbocycles. The Morgan fingerprint density at radius 3 is 2.18 bits per heavy atom. The molecule has 3 amide bonds. The van der Waals surface area contributed by atoms with Gasteiger partial charge in [0.15, 0.2) is 0 Å². The van der Waals surface area contributed by atoms with Gasteiger partial charge in [0, 0.05) is 17.6 Å². The van der Waals surface area contributed by atoms with E-state index in [0.29, 0.717) is 18.7 Å². The number of rotatable bonds is 6. The Morgan fingerprint density at radius 1 is 1.12 bits per heavy atom. The molecule has 1 unspecified atom stereocenters. The minimum atomic E-state index is -4.10. The van der Waals surface area contributed by atoms with Crippen LogP contribution in [0.4, 0.5) is 15.3 Å². The molecule has 0 spiro atoms. The van der Waals surface area contributed by atoms with Gasteiger partial charge in [0.1, 0.15) is 5.60 Å². The van der Waals surface area contributed by atoms with Crippen molar-refractivity contribution < 1.29 is 22.7 Å². The summed E-state index contributed by atoms with van der Waals surface area (Å²) in [6, 6.07) is 4.95. The molecule has 1 heterocycles. The Morgan fingerprint density at radius 2 is 1.68 bits per heavy atom. The van der Waals surface area contributed by atoms with E-state index in [-0.39, 0.29) is 11.8 Å². The van der Waals surface area contributed by atoms with Crippen LogP contribution in [0.5, 0.6) is 0 Å². The summed E-state index contributed by atoms with van der Waals surface area (Å²) in [7, 11) is -4.10. The van der Waals surface area contributed by atoms with Gasteiger partial charge in [0.05, 0.1) is 5.54 Å². The maximum atomic E-state index is 12.7. The topological polar surface area (TPSA) is 105 Å². The van der Waals surface area contributed by atoms with Gasteiger partial charge in [0.25, 0.3) is 10.0 Å². The molecule has 1 aliphatic heterocycles. The second kappa shape index (κ2) is 10.4. The maximum Gasteiger partial charge on any atom is 0.410 e. The Hall–Kier alpha value is -2.55. The fourth-order valence-electron chi connectivity index (χ4n) is 4.01. The fraction of sp³-hybridized carbons (Fsp3) is 0.600. The summed E-state index contributed by atoms with van der Waals surface area (Å²) in [5.41, 5.74) is 1.00. The lowest BCUT2D eigenvalue weighted by molar-refractivity contribution is 0.0169. The molecular weight excluding hydrogens is 454 g/mol. The van der Waals surface area contributed by atoms with Gasteiger partial charge in [-0.15, -0.1) is 0 Å². The monoisotopic (exact) mass is 493 g/mol. The van der Waals surface area contributed by atoms with Gasteiger partial charge in [-0.1, -0.05) is 45.9 Å². The number of carbonyl (C=O) groups is 2. The third-order valence-corrected chi connectivity index (χ3v) is 6.71. The molecule has 1 aromatic rings. The highest BCUT2D eigenvalue weighted by molar-refractivity contribution is 7.92. The van der Waals surface area contributed by atoms with Crippen LogP contribution >= 0.6 is 0 Å². The number of hydrogen-bond donors (Lipinski definition) is 2.